The van der Waals surface area contributed by atoms with Crippen LogP contribution in [0, 0.1) is 0 Å². The summed E-state index contributed by atoms with van der Waals surface area (Å²) in [5.74, 6) is 0.723. The van der Waals surface area contributed by atoms with Gasteiger partial charge in [0, 0.05) is 12.3 Å². The first-order chi connectivity index (χ1) is 8.22. The van der Waals surface area contributed by atoms with E-state index in [1.807, 2.05) is 38.4 Å². The number of rotatable bonds is 4. The number of aromatic nitrogens is 2. The average molecular weight is 231 g/mol. The molecule has 1 atom stereocenters. The second-order valence-electron chi connectivity index (χ2n) is 4.22. The fraction of sp³-hybridized carbons (Fsp3) is 0.385. The van der Waals surface area contributed by atoms with Crippen molar-refractivity contribution in [2.75, 3.05) is 14.1 Å². The van der Waals surface area contributed by atoms with Gasteiger partial charge in [-0.1, -0.05) is 18.1 Å². The minimum absolute atomic E-state index is 0.288. The summed E-state index contributed by atoms with van der Waals surface area (Å²) in [4.78, 5) is 6.38. The van der Waals surface area contributed by atoms with E-state index in [4.69, 9.17) is 4.52 Å². The first-order valence-electron chi connectivity index (χ1n) is 5.76. The second-order valence-corrected chi connectivity index (χ2v) is 4.22. The third-order valence-electron chi connectivity index (χ3n) is 2.80. The van der Waals surface area contributed by atoms with Gasteiger partial charge in [-0.2, -0.15) is 0 Å². The molecule has 4 nitrogen and oxygen atoms in total. The summed E-state index contributed by atoms with van der Waals surface area (Å²) in [5, 5.41) is 4.13. The Morgan fingerprint density at radius 1 is 1.35 bits per heavy atom. The van der Waals surface area contributed by atoms with Crippen molar-refractivity contribution in [2.45, 2.75) is 19.4 Å². The Hall–Kier alpha value is -1.68. The lowest BCUT2D eigenvalue weighted by molar-refractivity contribution is 0.274. The van der Waals surface area contributed by atoms with Crippen LogP contribution in [0.2, 0.25) is 0 Å². The molecule has 4 heteroatoms. The van der Waals surface area contributed by atoms with E-state index in [0.717, 1.165) is 23.6 Å². The number of hydrogen-bond donors (Lipinski definition) is 0. The predicted octanol–water partition coefficient (Wildman–Crippen LogP) is 2.75. The minimum Gasteiger partial charge on any atom is -0.354 e. The predicted molar refractivity (Wildman–Crippen MR) is 66.5 cm³/mol. The molecule has 0 saturated heterocycles. The lowest BCUT2D eigenvalue weighted by atomic mass is 10.1. The quantitative estimate of drug-likeness (QED) is 0.811. The molecule has 0 radical (unpaired) electrons. The van der Waals surface area contributed by atoms with Crippen molar-refractivity contribution >= 4 is 0 Å². The van der Waals surface area contributed by atoms with Gasteiger partial charge in [-0.05, 0) is 32.6 Å². The van der Waals surface area contributed by atoms with Crippen LogP contribution in [-0.4, -0.2) is 29.1 Å². The molecule has 0 aliphatic heterocycles. The molecule has 0 aliphatic rings. The van der Waals surface area contributed by atoms with E-state index in [0.29, 0.717) is 0 Å². The molecule has 17 heavy (non-hydrogen) atoms. The van der Waals surface area contributed by atoms with Crippen molar-refractivity contribution in [3.63, 3.8) is 0 Å². The van der Waals surface area contributed by atoms with Gasteiger partial charge in [-0.25, -0.2) is 0 Å². The first kappa shape index (κ1) is 11.8. The lowest BCUT2D eigenvalue weighted by Gasteiger charge is -2.19. The standard InChI is InChI=1S/C13H17N3O/c1-4-12(16(2)3)11-9-13(17-15-11)10-7-5-6-8-14-10/h5-9,12H,4H2,1-3H3. The smallest absolute Gasteiger partial charge is 0.185 e. The Balaban J connectivity index is 2.27. The molecule has 0 aliphatic carbocycles. The highest BCUT2D eigenvalue weighted by Crippen LogP contribution is 2.25. The first-order valence-corrected chi connectivity index (χ1v) is 5.76. The fourth-order valence-corrected chi connectivity index (χ4v) is 1.91. The summed E-state index contributed by atoms with van der Waals surface area (Å²) in [6, 6.07) is 8.00. The zero-order valence-corrected chi connectivity index (χ0v) is 10.4. The Bertz CT molecular complexity index is 465. The van der Waals surface area contributed by atoms with Crippen molar-refractivity contribution in [1.29, 1.82) is 0 Å². The normalized spacial score (nSPS) is 12.9. The van der Waals surface area contributed by atoms with Gasteiger partial charge in [0.2, 0.25) is 0 Å². The average Bonchev–Trinajstić information content (AvgIpc) is 2.80. The molecule has 2 rings (SSSR count). The summed E-state index contributed by atoms with van der Waals surface area (Å²) in [5.41, 5.74) is 1.78. The summed E-state index contributed by atoms with van der Waals surface area (Å²) in [6.07, 6.45) is 2.75. The molecule has 0 aromatic carbocycles. The van der Waals surface area contributed by atoms with E-state index in [1.165, 1.54) is 0 Å². The number of nitrogens with zero attached hydrogens (tertiary/aromatic N) is 3. The van der Waals surface area contributed by atoms with Crippen LogP contribution < -0.4 is 0 Å². The van der Waals surface area contributed by atoms with Crippen molar-refractivity contribution in [3.05, 3.63) is 36.2 Å². The SMILES string of the molecule is CCC(c1cc(-c2ccccn2)on1)N(C)C. The van der Waals surface area contributed by atoms with Crippen LogP contribution in [-0.2, 0) is 0 Å². The summed E-state index contributed by atoms with van der Waals surface area (Å²) in [7, 11) is 4.09. The highest BCUT2D eigenvalue weighted by molar-refractivity contribution is 5.51. The molecule has 0 amide bonds. The van der Waals surface area contributed by atoms with Crippen molar-refractivity contribution < 1.29 is 4.52 Å². The Kier molecular flexibility index (Phi) is 3.54. The lowest BCUT2D eigenvalue weighted by Crippen LogP contribution is -2.19. The molecule has 90 valence electrons. The molecule has 0 N–H and O–H groups in total. The van der Waals surface area contributed by atoms with E-state index < -0.39 is 0 Å². The highest BCUT2D eigenvalue weighted by atomic mass is 16.5. The van der Waals surface area contributed by atoms with Gasteiger partial charge in [0.1, 0.15) is 11.4 Å². The van der Waals surface area contributed by atoms with E-state index in [2.05, 4.69) is 22.0 Å². The van der Waals surface area contributed by atoms with Crippen LogP contribution in [0.5, 0.6) is 0 Å². The van der Waals surface area contributed by atoms with Crippen LogP contribution in [0.15, 0.2) is 35.0 Å². The van der Waals surface area contributed by atoms with Crippen LogP contribution >= 0.6 is 0 Å². The highest BCUT2D eigenvalue weighted by Gasteiger charge is 2.17. The van der Waals surface area contributed by atoms with Crippen LogP contribution in [0.25, 0.3) is 11.5 Å². The molecule has 0 spiro atoms. The summed E-state index contributed by atoms with van der Waals surface area (Å²) >= 11 is 0. The zero-order chi connectivity index (χ0) is 12.3. The van der Waals surface area contributed by atoms with E-state index in [-0.39, 0.29) is 6.04 Å². The van der Waals surface area contributed by atoms with Gasteiger partial charge in [0.15, 0.2) is 5.76 Å². The Morgan fingerprint density at radius 2 is 2.18 bits per heavy atom. The molecule has 0 bridgehead atoms. The maximum atomic E-state index is 5.34. The van der Waals surface area contributed by atoms with E-state index in [9.17, 15) is 0 Å². The minimum atomic E-state index is 0.288. The molecule has 2 heterocycles. The zero-order valence-electron chi connectivity index (χ0n) is 10.4. The molecular weight excluding hydrogens is 214 g/mol. The molecule has 1 unspecified atom stereocenters. The second kappa shape index (κ2) is 5.10. The number of pyridine rings is 1. The molecule has 2 aromatic heterocycles. The largest absolute Gasteiger partial charge is 0.354 e. The maximum Gasteiger partial charge on any atom is 0.185 e. The monoisotopic (exact) mass is 231 g/mol. The van der Waals surface area contributed by atoms with Gasteiger partial charge in [0.05, 0.1) is 6.04 Å². The van der Waals surface area contributed by atoms with Crippen molar-refractivity contribution in [2.24, 2.45) is 0 Å². The van der Waals surface area contributed by atoms with Crippen molar-refractivity contribution in [1.82, 2.24) is 15.0 Å². The van der Waals surface area contributed by atoms with Gasteiger partial charge in [-0.3, -0.25) is 4.98 Å². The summed E-state index contributed by atoms with van der Waals surface area (Å²) in [6.45, 7) is 2.14. The van der Waals surface area contributed by atoms with Crippen LogP contribution in [0.1, 0.15) is 25.1 Å². The third kappa shape index (κ3) is 2.53. The van der Waals surface area contributed by atoms with Gasteiger partial charge >= 0.3 is 0 Å². The van der Waals surface area contributed by atoms with Crippen LogP contribution in [0.3, 0.4) is 0 Å². The van der Waals surface area contributed by atoms with Crippen molar-refractivity contribution in [3.8, 4) is 11.5 Å². The number of hydrogen-bond acceptors (Lipinski definition) is 4. The topological polar surface area (TPSA) is 42.2 Å². The third-order valence-corrected chi connectivity index (χ3v) is 2.80. The maximum absolute atomic E-state index is 5.34. The van der Waals surface area contributed by atoms with Crippen LogP contribution in [0.4, 0.5) is 0 Å². The van der Waals surface area contributed by atoms with E-state index >= 15 is 0 Å². The molecule has 0 fully saturated rings. The van der Waals surface area contributed by atoms with Gasteiger partial charge in [0.25, 0.3) is 0 Å². The Morgan fingerprint density at radius 3 is 2.76 bits per heavy atom. The van der Waals surface area contributed by atoms with E-state index in [1.54, 1.807) is 6.20 Å². The molecular formula is C13H17N3O. The van der Waals surface area contributed by atoms with Gasteiger partial charge in [-0.15, -0.1) is 0 Å². The molecule has 0 saturated carbocycles. The summed E-state index contributed by atoms with van der Waals surface area (Å²) < 4.78 is 5.34. The Labute approximate surface area is 101 Å². The fourth-order valence-electron chi connectivity index (χ4n) is 1.91. The molecule has 2 aromatic rings. The van der Waals surface area contributed by atoms with Gasteiger partial charge < -0.3 is 9.42 Å².